The van der Waals surface area contributed by atoms with Crippen molar-refractivity contribution in [2.75, 3.05) is 18.0 Å². The van der Waals surface area contributed by atoms with E-state index < -0.39 is 28.5 Å². The summed E-state index contributed by atoms with van der Waals surface area (Å²) in [6.45, 7) is 9.29. The summed E-state index contributed by atoms with van der Waals surface area (Å²) >= 11 is 0. The van der Waals surface area contributed by atoms with E-state index in [0.29, 0.717) is 17.9 Å². The number of hydrogen-bond donors (Lipinski definition) is 1. The predicted octanol–water partition coefficient (Wildman–Crippen LogP) is 5.23. The average Bonchev–Trinajstić information content (AvgIpc) is 2.97. The standard InChI is InChI=1S/C32H41N3O5S/c1-7-25(5)33-32(37)30(8-2)34(21-26-12-10-9-11-24(26)4)31(36)22-35(27-15-13-23(3)14-16-27)41(38,39)29-19-17-28(40-6)18-20-29/h9-20,25,30H,7-8,21-22H2,1-6H3,(H,33,37)/t25-,30-/m0/s1. The summed E-state index contributed by atoms with van der Waals surface area (Å²) in [6, 6.07) is 19.8. The van der Waals surface area contributed by atoms with Crippen molar-refractivity contribution in [3.05, 3.63) is 89.5 Å². The Morgan fingerprint density at radius 2 is 1.54 bits per heavy atom. The molecule has 2 atom stereocenters. The van der Waals surface area contributed by atoms with Crippen LogP contribution in [0.5, 0.6) is 5.75 Å². The lowest BCUT2D eigenvalue weighted by atomic mass is 10.1. The van der Waals surface area contributed by atoms with Crippen LogP contribution < -0.4 is 14.4 Å². The Labute approximate surface area is 244 Å². The van der Waals surface area contributed by atoms with Gasteiger partial charge in [-0.2, -0.15) is 0 Å². The van der Waals surface area contributed by atoms with Crippen molar-refractivity contribution in [3.63, 3.8) is 0 Å². The molecule has 3 aromatic rings. The molecule has 0 aliphatic heterocycles. The van der Waals surface area contributed by atoms with Gasteiger partial charge < -0.3 is 15.0 Å². The van der Waals surface area contributed by atoms with E-state index in [1.807, 2.05) is 58.9 Å². The van der Waals surface area contributed by atoms with Crippen LogP contribution in [-0.4, -0.2) is 50.9 Å². The summed E-state index contributed by atoms with van der Waals surface area (Å²) in [6.07, 6.45) is 1.12. The van der Waals surface area contributed by atoms with E-state index in [1.165, 1.54) is 24.1 Å². The van der Waals surface area contributed by atoms with Crippen molar-refractivity contribution in [2.24, 2.45) is 0 Å². The number of benzene rings is 3. The normalized spacial score (nSPS) is 12.7. The van der Waals surface area contributed by atoms with Crippen LogP contribution in [0.25, 0.3) is 0 Å². The molecule has 2 amide bonds. The summed E-state index contributed by atoms with van der Waals surface area (Å²) in [5, 5.41) is 3.00. The molecule has 41 heavy (non-hydrogen) atoms. The number of carbonyl (C=O) groups is 2. The summed E-state index contributed by atoms with van der Waals surface area (Å²) in [5.74, 6) is -0.217. The van der Waals surface area contributed by atoms with Crippen molar-refractivity contribution in [1.29, 1.82) is 0 Å². The molecule has 0 unspecified atom stereocenters. The fourth-order valence-electron chi connectivity index (χ4n) is 4.45. The third-order valence-electron chi connectivity index (χ3n) is 7.24. The van der Waals surface area contributed by atoms with E-state index in [0.717, 1.165) is 27.4 Å². The van der Waals surface area contributed by atoms with Gasteiger partial charge in [0.15, 0.2) is 0 Å². The highest BCUT2D eigenvalue weighted by molar-refractivity contribution is 7.92. The number of ether oxygens (including phenoxy) is 1. The average molecular weight is 580 g/mol. The van der Waals surface area contributed by atoms with Gasteiger partial charge in [0.2, 0.25) is 11.8 Å². The smallest absolute Gasteiger partial charge is 0.264 e. The van der Waals surface area contributed by atoms with Gasteiger partial charge in [-0.25, -0.2) is 8.42 Å². The van der Waals surface area contributed by atoms with Gasteiger partial charge in [0.05, 0.1) is 17.7 Å². The highest BCUT2D eigenvalue weighted by atomic mass is 32.2. The molecule has 0 bridgehead atoms. The molecule has 0 heterocycles. The van der Waals surface area contributed by atoms with E-state index in [-0.39, 0.29) is 23.4 Å². The third-order valence-corrected chi connectivity index (χ3v) is 9.03. The largest absolute Gasteiger partial charge is 0.497 e. The predicted molar refractivity (Wildman–Crippen MR) is 162 cm³/mol. The van der Waals surface area contributed by atoms with Crippen molar-refractivity contribution in [1.82, 2.24) is 10.2 Å². The molecule has 8 nitrogen and oxygen atoms in total. The van der Waals surface area contributed by atoms with Gasteiger partial charge >= 0.3 is 0 Å². The van der Waals surface area contributed by atoms with Gasteiger partial charge in [0.25, 0.3) is 10.0 Å². The van der Waals surface area contributed by atoms with Crippen LogP contribution >= 0.6 is 0 Å². The maximum atomic E-state index is 14.2. The molecule has 0 aliphatic rings. The number of aryl methyl sites for hydroxylation is 2. The van der Waals surface area contributed by atoms with Crippen LogP contribution in [0.2, 0.25) is 0 Å². The lowest BCUT2D eigenvalue weighted by Gasteiger charge is -2.34. The second kappa shape index (κ2) is 14.2. The zero-order valence-corrected chi connectivity index (χ0v) is 25.6. The fraction of sp³-hybridized carbons (Fsp3) is 0.375. The summed E-state index contributed by atoms with van der Waals surface area (Å²) < 4.78 is 34.3. The van der Waals surface area contributed by atoms with Crippen molar-refractivity contribution in [2.45, 2.75) is 71.0 Å². The molecular formula is C32H41N3O5S. The van der Waals surface area contributed by atoms with Gasteiger partial charge in [-0.05, 0) is 81.1 Å². The third kappa shape index (κ3) is 7.88. The topological polar surface area (TPSA) is 96.0 Å². The molecule has 0 spiro atoms. The van der Waals surface area contributed by atoms with E-state index in [4.69, 9.17) is 4.74 Å². The second-order valence-electron chi connectivity index (χ2n) is 10.2. The zero-order valence-electron chi connectivity index (χ0n) is 24.8. The quantitative estimate of drug-likeness (QED) is 0.299. The minimum atomic E-state index is -4.15. The molecule has 0 aromatic heterocycles. The van der Waals surface area contributed by atoms with Crippen molar-refractivity contribution in [3.8, 4) is 5.75 Å². The molecule has 1 N–H and O–H groups in total. The van der Waals surface area contributed by atoms with Crippen molar-refractivity contribution < 1.29 is 22.7 Å². The van der Waals surface area contributed by atoms with Gasteiger partial charge in [-0.1, -0.05) is 55.8 Å². The molecule has 3 rings (SSSR count). The first-order chi connectivity index (χ1) is 19.5. The maximum Gasteiger partial charge on any atom is 0.264 e. The highest BCUT2D eigenvalue weighted by Gasteiger charge is 2.34. The first-order valence-corrected chi connectivity index (χ1v) is 15.3. The monoisotopic (exact) mass is 579 g/mol. The first-order valence-electron chi connectivity index (χ1n) is 13.9. The fourth-order valence-corrected chi connectivity index (χ4v) is 5.86. The molecule has 9 heteroatoms. The Balaban J connectivity index is 2.06. The first kappa shape index (κ1) is 31.7. The number of sulfonamides is 1. The molecule has 0 radical (unpaired) electrons. The Morgan fingerprint density at radius 3 is 2.10 bits per heavy atom. The Kier molecular flexibility index (Phi) is 10.9. The number of hydrogen-bond acceptors (Lipinski definition) is 5. The minimum Gasteiger partial charge on any atom is -0.497 e. The lowest BCUT2D eigenvalue weighted by molar-refractivity contribution is -0.140. The number of anilines is 1. The molecule has 0 saturated heterocycles. The molecular weight excluding hydrogens is 538 g/mol. The molecule has 0 fully saturated rings. The SMILES string of the molecule is CC[C@H](C)NC(=O)[C@H](CC)N(Cc1ccccc1C)C(=O)CN(c1ccc(C)cc1)S(=O)(=O)c1ccc(OC)cc1. The Morgan fingerprint density at radius 1 is 0.902 bits per heavy atom. The van der Waals surface area contributed by atoms with Crippen LogP contribution in [0.1, 0.15) is 50.3 Å². The number of amides is 2. The number of methoxy groups -OCH3 is 1. The van der Waals surface area contributed by atoms with Gasteiger partial charge in [0.1, 0.15) is 18.3 Å². The molecule has 3 aromatic carbocycles. The molecule has 220 valence electrons. The summed E-state index contributed by atoms with van der Waals surface area (Å²) in [5.41, 5.74) is 3.17. The summed E-state index contributed by atoms with van der Waals surface area (Å²) in [7, 11) is -2.64. The number of rotatable bonds is 13. The van der Waals surface area contributed by atoms with E-state index in [1.54, 1.807) is 36.4 Å². The number of nitrogens with zero attached hydrogens (tertiary/aromatic N) is 2. The van der Waals surface area contributed by atoms with E-state index in [2.05, 4.69) is 5.32 Å². The summed E-state index contributed by atoms with van der Waals surface area (Å²) in [4.78, 5) is 29.1. The van der Waals surface area contributed by atoms with Crippen LogP contribution in [-0.2, 0) is 26.2 Å². The molecule has 0 saturated carbocycles. The van der Waals surface area contributed by atoms with Crippen LogP contribution in [0, 0.1) is 13.8 Å². The Bertz CT molecular complexity index is 1420. The lowest BCUT2D eigenvalue weighted by Crippen LogP contribution is -2.53. The minimum absolute atomic E-state index is 0.0266. The van der Waals surface area contributed by atoms with Gasteiger partial charge in [-0.15, -0.1) is 0 Å². The zero-order chi connectivity index (χ0) is 30.2. The maximum absolute atomic E-state index is 14.2. The Hall–Kier alpha value is -3.85. The van der Waals surface area contributed by atoms with E-state index in [9.17, 15) is 18.0 Å². The van der Waals surface area contributed by atoms with Crippen LogP contribution in [0.4, 0.5) is 5.69 Å². The number of carbonyl (C=O) groups excluding carboxylic acids is 2. The van der Waals surface area contributed by atoms with E-state index >= 15 is 0 Å². The molecule has 0 aliphatic carbocycles. The second-order valence-corrected chi connectivity index (χ2v) is 12.1. The number of nitrogens with one attached hydrogen (secondary N) is 1. The van der Waals surface area contributed by atoms with Gasteiger partial charge in [-0.3, -0.25) is 13.9 Å². The van der Waals surface area contributed by atoms with Gasteiger partial charge in [0, 0.05) is 12.6 Å². The van der Waals surface area contributed by atoms with Crippen LogP contribution in [0.3, 0.4) is 0 Å². The van der Waals surface area contributed by atoms with Crippen molar-refractivity contribution >= 4 is 27.5 Å². The highest BCUT2D eigenvalue weighted by Crippen LogP contribution is 2.26. The van der Waals surface area contributed by atoms with Crippen LogP contribution in [0.15, 0.2) is 77.7 Å².